The highest BCUT2D eigenvalue weighted by Gasteiger charge is 2.27. The normalized spacial score (nSPS) is 17.0. The van der Waals surface area contributed by atoms with Crippen LogP contribution in [0.3, 0.4) is 0 Å². The number of nitrogens with zero attached hydrogens (tertiary/aromatic N) is 2. The van der Waals surface area contributed by atoms with Crippen molar-refractivity contribution < 1.29 is 19.0 Å². The van der Waals surface area contributed by atoms with Gasteiger partial charge in [-0.15, -0.1) is 0 Å². The van der Waals surface area contributed by atoms with Crippen LogP contribution in [0.1, 0.15) is 28.8 Å². The second kappa shape index (κ2) is 7.40. The van der Waals surface area contributed by atoms with Gasteiger partial charge in [-0.05, 0) is 42.7 Å². The number of benzene rings is 1. The number of aromatic nitrogens is 1. The molecule has 24 heavy (non-hydrogen) atoms. The summed E-state index contributed by atoms with van der Waals surface area (Å²) in [5.74, 6) is -1.63. The maximum absolute atomic E-state index is 14.1. The zero-order valence-electron chi connectivity index (χ0n) is 13.2. The molecule has 1 amide bonds. The van der Waals surface area contributed by atoms with Crippen LogP contribution in [0.25, 0.3) is 0 Å². The van der Waals surface area contributed by atoms with Crippen molar-refractivity contribution >= 4 is 5.91 Å². The highest BCUT2D eigenvalue weighted by Crippen LogP contribution is 2.24. The molecule has 0 spiro atoms. The molecule has 0 bridgehead atoms. The minimum Gasteiger partial charge on any atom is -0.507 e. The van der Waals surface area contributed by atoms with E-state index in [9.17, 15) is 14.3 Å². The number of ether oxygens (including phenoxy) is 1. The lowest BCUT2D eigenvalue weighted by atomic mass is 10.1. The second-order valence-electron chi connectivity index (χ2n) is 5.81. The average molecular weight is 330 g/mol. The Kier molecular flexibility index (Phi) is 5.05. The van der Waals surface area contributed by atoms with Gasteiger partial charge < -0.3 is 14.7 Å². The monoisotopic (exact) mass is 330 g/mol. The highest BCUT2D eigenvalue weighted by molar-refractivity contribution is 5.97. The van der Waals surface area contributed by atoms with Gasteiger partial charge >= 0.3 is 0 Å². The molecule has 2 heterocycles. The molecule has 126 valence electrons. The Bertz CT molecular complexity index is 682. The number of hydrogen-bond acceptors (Lipinski definition) is 4. The molecule has 1 saturated heterocycles. The van der Waals surface area contributed by atoms with Crippen molar-refractivity contribution in [2.75, 3.05) is 13.2 Å². The summed E-state index contributed by atoms with van der Waals surface area (Å²) >= 11 is 0. The van der Waals surface area contributed by atoms with Gasteiger partial charge in [0, 0.05) is 32.1 Å². The molecule has 1 N–H and O–H groups in total. The van der Waals surface area contributed by atoms with Crippen LogP contribution in [0, 0.1) is 5.82 Å². The van der Waals surface area contributed by atoms with Crippen molar-refractivity contribution in [2.24, 2.45) is 0 Å². The first-order valence-corrected chi connectivity index (χ1v) is 7.92. The van der Waals surface area contributed by atoms with Crippen LogP contribution in [0.2, 0.25) is 0 Å². The minimum absolute atomic E-state index is 0.0651. The standard InChI is InChI=1S/C18H19FN2O3/c19-15-4-1-5-16(22)17(15)18(23)21(12-14-3-2-10-24-14)11-13-6-8-20-9-7-13/h1,4-9,14,22H,2-3,10-12H2. The molecule has 5 nitrogen and oxygen atoms in total. The molecule has 1 aliphatic heterocycles. The first-order chi connectivity index (χ1) is 11.6. The third kappa shape index (κ3) is 3.71. The van der Waals surface area contributed by atoms with Crippen molar-refractivity contribution in [1.82, 2.24) is 9.88 Å². The second-order valence-corrected chi connectivity index (χ2v) is 5.81. The topological polar surface area (TPSA) is 62.7 Å². The van der Waals surface area contributed by atoms with E-state index in [-0.39, 0.29) is 17.4 Å². The lowest BCUT2D eigenvalue weighted by Gasteiger charge is -2.26. The molecule has 1 aliphatic rings. The molecule has 1 aromatic carbocycles. The van der Waals surface area contributed by atoms with Gasteiger partial charge in [-0.25, -0.2) is 4.39 Å². The van der Waals surface area contributed by atoms with Crippen LogP contribution in [0.5, 0.6) is 5.75 Å². The fourth-order valence-corrected chi connectivity index (χ4v) is 2.84. The van der Waals surface area contributed by atoms with E-state index in [4.69, 9.17) is 4.74 Å². The molecule has 1 atom stereocenters. The smallest absolute Gasteiger partial charge is 0.261 e. The summed E-state index contributed by atoms with van der Waals surface area (Å²) in [7, 11) is 0. The van der Waals surface area contributed by atoms with Crippen LogP contribution in [-0.2, 0) is 11.3 Å². The number of aromatic hydroxyl groups is 1. The van der Waals surface area contributed by atoms with Crippen LogP contribution >= 0.6 is 0 Å². The fourth-order valence-electron chi connectivity index (χ4n) is 2.84. The van der Waals surface area contributed by atoms with Crippen LogP contribution in [0.4, 0.5) is 4.39 Å². The highest BCUT2D eigenvalue weighted by atomic mass is 19.1. The number of phenols is 1. The molecular formula is C18H19FN2O3. The van der Waals surface area contributed by atoms with E-state index in [2.05, 4.69) is 4.98 Å². The van der Waals surface area contributed by atoms with Gasteiger partial charge in [-0.3, -0.25) is 9.78 Å². The Morgan fingerprint density at radius 2 is 2.12 bits per heavy atom. The first kappa shape index (κ1) is 16.4. The maximum atomic E-state index is 14.1. The predicted octanol–water partition coefficient (Wildman–Crippen LogP) is 2.75. The van der Waals surface area contributed by atoms with Crippen molar-refractivity contribution in [3.05, 3.63) is 59.7 Å². The summed E-state index contributed by atoms with van der Waals surface area (Å²) in [6, 6.07) is 7.46. The van der Waals surface area contributed by atoms with Gasteiger partial charge in [0.05, 0.1) is 6.10 Å². The van der Waals surface area contributed by atoms with E-state index in [0.29, 0.717) is 19.7 Å². The number of carbonyl (C=O) groups excluding carboxylic acids is 1. The van der Waals surface area contributed by atoms with Gasteiger partial charge in [0.2, 0.25) is 0 Å². The Balaban J connectivity index is 1.86. The van der Waals surface area contributed by atoms with Crippen molar-refractivity contribution in [3.63, 3.8) is 0 Å². The molecule has 1 fully saturated rings. The van der Waals surface area contributed by atoms with Gasteiger partial charge in [-0.1, -0.05) is 6.07 Å². The van der Waals surface area contributed by atoms with Gasteiger partial charge in [0.15, 0.2) is 0 Å². The first-order valence-electron chi connectivity index (χ1n) is 7.92. The summed E-state index contributed by atoms with van der Waals surface area (Å²) in [4.78, 5) is 18.3. The molecule has 0 saturated carbocycles. The van der Waals surface area contributed by atoms with E-state index >= 15 is 0 Å². The van der Waals surface area contributed by atoms with E-state index in [1.54, 1.807) is 24.5 Å². The molecular weight excluding hydrogens is 311 g/mol. The van der Waals surface area contributed by atoms with Crippen LogP contribution in [-0.4, -0.2) is 40.2 Å². The van der Waals surface area contributed by atoms with Crippen LogP contribution < -0.4 is 0 Å². The summed E-state index contributed by atoms with van der Waals surface area (Å²) in [6.07, 6.45) is 5.04. The van der Waals surface area contributed by atoms with Gasteiger partial charge in [0.1, 0.15) is 17.1 Å². The number of carbonyl (C=O) groups is 1. The zero-order chi connectivity index (χ0) is 16.9. The Morgan fingerprint density at radius 3 is 2.79 bits per heavy atom. The Morgan fingerprint density at radius 1 is 1.33 bits per heavy atom. The van der Waals surface area contributed by atoms with E-state index in [1.807, 2.05) is 0 Å². The lowest BCUT2D eigenvalue weighted by molar-refractivity contribution is 0.0501. The summed E-state index contributed by atoms with van der Waals surface area (Å²) in [5.41, 5.74) is 0.580. The van der Waals surface area contributed by atoms with Gasteiger partial charge in [0.25, 0.3) is 5.91 Å². The van der Waals surface area contributed by atoms with E-state index < -0.39 is 11.7 Å². The van der Waals surface area contributed by atoms with E-state index in [0.717, 1.165) is 18.4 Å². The molecule has 0 aliphatic carbocycles. The molecule has 6 heteroatoms. The third-order valence-corrected chi connectivity index (χ3v) is 4.06. The SMILES string of the molecule is O=C(c1c(O)cccc1F)N(Cc1ccncc1)CC1CCCO1. The number of amides is 1. The Labute approximate surface area is 139 Å². The van der Waals surface area contributed by atoms with E-state index in [1.165, 1.54) is 23.1 Å². The predicted molar refractivity (Wildman–Crippen MR) is 86.0 cm³/mol. The van der Waals surface area contributed by atoms with Crippen molar-refractivity contribution in [2.45, 2.75) is 25.5 Å². The average Bonchev–Trinajstić information content (AvgIpc) is 3.08. The minimum atomic E-state index is -0.730. The zero-order valence-corrected chi connectivity index (χ0v) is 13.2. The molecule has 1 aromatic heterocycles. The maximum Gasteiger partial charge on any atom is 0.261 e. The Hall–Kier alpha value is -2.47. The summed E-state index contributed by atoms with van der Waals surface area (Å²) < 4.78 is 19.7. The van der Waals surface area contributed by atoms with Crippen LogP contribution in [0.15, 0.2) is 42.7 Å². The number of halogens is 1. The number of pyridine rings is 1. The molecule has 1 unspecified atom stereocenters. The third-order valence-electron chi connectivity index (χ3n) is 4.06. The number of phenolic OH excluding ortho intramolecular Hbond substituents is 1. The van der Waals surface area contributed by atoms with Gasteiger partial charge in [-0.2, -0.15) is 0 Å². The number of hydrogen-bond donors (Lipinski definition) is 1. The van der Waals surface area contributed by atoms with Crippen molar-refractivity contribution in [1.29, 1.82) is 0 Å². The molecule has 3 rings (SSSR count). The quantitative estimate of drug-likeness (QED) is 0.916. The van der Waals surface area contributed by atoms with Crippen molar-refractivity contribution in [3.8, 4) is 5.75 Å². The largest absolute Gasteiger partial charge is 0.507 e. The summed E-state index contributed by atoms with van der Waals surface area (Å²) in [5, 5.41) is 9.91. The molecule has 0 radical (unpaired) electrons. The number of rotatable bonds is 5. The molecule has 2 aromatic rings. The lowest BCUT2D eigenvalue weighted by Crippen LogP contribution is -2.37. The fraction of sp³-hybridized carbons (Fsp3) is 0.333. The summed E-state index contributed by atoms with van der Waals surface area (Å²) in [6.45, 7) is 1.33.